The van der Waals surface area contributed by atoms with Gasteiger partial charge in [0, 0.05) is 13.1 Å². The highest BCUT2D eigenvalue weighted by molar-refractivity contribution is 7.89. The third-order valence-electron chi connectivity index (χ3n) is 4.12. The molecule has 2 aromatic rings. The first-order valence-electron chi connectivity index (χ1n) is 9.02. The summed E-state index contributed by atoms with van der Waals surface area (Å²) < 4.78 is 32.2. The highest BCUT2D eigenvalue weighted by Crippen LogP contribution is 2.28. The van der Waals surface area contributed by atoms with Crippen LogP contribution >= 0.6 is 11.6 Å². The Balaban J connectivity index is 2.06. The van der Waals surface area contributed by atoms with Crippen LogP contribution in [0.25, 0.3) is 0 Å². The number of halogens is 1. The van der Waals surface area contributed by atoms with E-state index in [1.54, 1.807) is 6.92 Å². The molecule has 1 amide bonds. The zero-order valence-electron chi connectivity index (χ0n) is 16.2. The second kappa shape index (κ2) is 9.91. The van der Waals surface area contributed by atoms with E-state index in [0.717, 1.165) is 15.4 Å². The Morgan fingerprint density at radius 1 is 1.14 bits per heavy atom. The zero-order valence-corrected chi connectivity index (χ0v) is 17.8. The predicted octanol–water partition coefficient (Wildman–Crippen LogP) is 3.37. The normalized spacial score (nSPS) is 11.5. The van der Waals surface area contributed by atoms with Crippen molar-refractivity contribution in [2.24, 2.45) is 0 Å². The molecule has 2 aromatic carbocycles. The summed E-state index contributed by atoms with van der Waals surface area (Å²) in [7, 11) is -3.86. The standard InChI is InChI=1S/C20H25ClN2O4S/c1-4-23(14-20(24)22-13-16-8-6-15(3)7-9-16)28(25,26)17-10-11-19(27-5-2)18(21)12-17/h6-12H,4-5,13-14H2,1-3H3,(H,22,24). The van der Waals surface area contributed by atoms with Gasteiger partial charge in [0.1, 0.15) is 5.75 Å². The number of nitrogens with one attached hydrogen (secondary N) is 1. The number of likely N-dealkylation sites (N-methyl/N-ethyl adjacent to an activating group) is 1. The second-order valence-electron chi connectivity index (χ2n) is 6.22. The van der Waals surface area contributed by atoms with Crippen molar-refractivity contribution in [3.05, 3.63) is 58.6 Å². The molecule has 1 N–H and O–H groups in total. The van der Waals surface area contributed by atoms with E-state index in [2.05, 4.69) is 5.32 Å². The minimum Gasteiger partial charge on any atom is -0.492 e. The molecule has 0 aliphatic heterocycles. The highest BCUT2D eigenvalue weighted by atomic mass is 35.5. The first-order valence-corrected chi connectivity index (χ1v) is 10.8. The number of hydrogen-bond donors (Lipinski definition) is 1. The number of carbonyl (C=O) groups is 1. The average molecular weight is 425 g/mol. The van der Waals surface area contributed by atoms with Gasteiger partial charge in [-0.1, -0.05) is 48.4 Å². The number of hydrogen-bond acceptors (Lipinski definition) is 4. The Bertz CT molecular complexity index is 914. The molecular formula is C20H25ClN2O4S. The highest BCUT2D eigenvalue weighted by Gasteiger charge is 2.26. The van der Waals surface area contributed by atoms with E-state index in [9.17, 15) is 13.2 Å². The number of nitrogens with zero attached hydrogens (tertiary/aromatic N) is 1. The van der Waals surface area contributed by atoms with Crippen LogP contribution in [0.1, 0.15) is 25.0 Å². The van der Waals surface area contributed by atoms with E-state index < -0.39 is 10.0 Å². The van der Waals surface area contributed by atoms with E-state index in [0.29, 0.717) is 18.9 Å². The van der Waals surface area contributed by atoms with Gasteiger partial charge in [-0.25, -0.2) is 8.42 Å². The Kier molecular flexibility index (Phi) is 7.86. The van der Waals surface area contributed by atoms with Crippen LogP contribution in [0.3, 0.4) is 0 Å². The van der Waals surface area contributed by atoms with Crippen LogP contribution in [0.4, 0.5) is 0 Å². The van der Waals surface area contributed by atoms with Crippen molar-refractivity contribution in [3.8, 4) is 5.75 Å². The molecule has 0 fully saturated rings. The molecule has 28 heavy (non-hydrogen) atoms. The van der Waals surface area contributed by atoms with Crippen LogP contribution in [-0.4, -0.2) is 38.3 Å². The Hall–Kier alpha value is -2.09. The van der Waals surface area contributed by atoms with E-state index in [4.69, 9.17) is 16.3 Å². The van der Waals surface area contributed by atoms with Crippen LogP contribution in [0.5, 0.6) is 5.75 Å². The Morgan fingerprint density at radius 3 is 2.39 bits per heavy atom. The van der Waals surface area contributed by atoms with Gasteiger partial charge in [0.15, 0.2) is 0 Å². The van der Waals surface area contributed by atoms with Crippen LogP contribution < -0.4 is 10.1 Å². The molecule has 152 valence electrons. The number of amides is 1. The minimum absolute atomic E-state index is 0.0223. The lowest BCUT2D eigenvalue weighted by molar-refractivity contribution is -0.121. The molecule has 2 rings (SSSR count). The largest absolute Gasteiger partial charge is 0.492 e. The summed E-state index contributed by atoms with van der Waals surface area (Å²) >= 11 is 6.11. The van der Waals surface area contributed by atoms with E-state index in [-0.39, 0.29) is 28.9 Å². The van der Waals surface area contributed by atoms with Crippen molar-refractivity contribution < 1.29 is 17.9 Å². The lowest BCUT2D eigenvalue weighted by Gasteiger charge is -2.20. The number of carbonyl (C=O) groups excluding carboxylic acids is 1. The zero-order chi connectivity index (χ0) is 20.7. The third kappa shape index (κ3) is 5.70. The van der Waals surface area contributed by atoms with E-state index in [1.165, 1.54) is 18.2 Å². The van der Waals surface area contributed by atoms with Gasteiger partial charge in [0.25, 0.3) is 0 Å². The monoisotopic (exact) mass is 424 g/mol. The van der Waals surface area contributed by atoms with Crippen molar-refractivity contribution in [2.75, 3.05) is 19.7 Å². The van der Waals surface area contributed by atoms with Gasteiger partial charge in [-0.15, -0.1) is 0 Å². The molecule has 0 saturated carbocycles. The summed E-state index contributed by atoms with van der Waals surface area (Å²) in [5.74, 6) is 0.0463. The minimum atomic E-state index is -3.86. The summed E-state index contributed by atoms with van der Waals surface area (Å²) in [6, 6.07) is 12.1. The summed E-state index contributed by atoms with van der Waals surface area (Å²) in [6.45, 7) is 6.13. The van der Waals surface area contributed by atoms with Crippen molar-refractivity contribution in [1.82, 2.24) is 9.62 Å². The Labute approximate surface area is 171 Å². The molecule has 0 bridgehead atoms. The topological polar surface area (TPSA) is 75.7 Å². The molecule has 0 aliphatic carbocycles. The second-order valence-corrected chi connectivity index (χ2v) is 8.56. The summed E-state index contributed by atoms with van der Waals surface area (Å²) in [4.78, 5) is 12.3. The molecule has 0 unspecified atom stereocenters. The summed E-state index contributed by atoms with van der Waals surface area (Å²) in [5.41, 5.74) is 2.08. The van der Waals surface area contributed by atoms with Gasteiger partial charge in [0.2, 0.25) is 15.9 Å². The molecule has 6 nitrogen and oxygen atoms in total. The maximum absolute atomic E-state index is 12.9. The van der Waals surface area contributed by atoms with E-state index in [1.807, 2.05) is 38.1 Å². The predicted molar refractivity (Wildman–Crippen MR) is 110 cm³/mol. The third-order valence-corrected chi connectivity index (χ3v) is 6.34. The molecule has 0 aromatic heterocycles. The number of rotatable bonds is 9. The number of benzene rings is 2. The van der Waals surface area contributed by atoms with Gasteiger partial charge in [-0.2, -0.15) is 4.31 Å². The van der Waals surface area contributed by atoms with Crippen LogP contribution in [0.2, 0.25) is 5.02 Å². The fourth-order valence-corrected chi connectivity index (χ4v) is 4.28. The first-order chi connectivity index (χ1) is 13.3. The fraction of sp³-hybridized carbons (Fsp3) is 0.350. The molecule has 0 spiro atoms. The number of aryl methyl sites for hydroxylation is 1. The SMILES string of the molecule is CCOc1ccc(S(=O)(=O)N(CC)CC(=O)NCc2ccc(C)cc2)cc1Cl. The van der Waals surface area contributed by atoms with Crippen LogP contribution in [-0.2, 0) is 21.4 Å². The maximum Gasteiger partial charge on any atom is 0.243 e. The average Bonchev–Trinajstić information content (AvgIpc) is 2.67. The lowest BCUT2D eigenvalue weighted by atomic mass is 10.1. The smallest absolute Gasteiger partial charge is 0.243 e. The maximum atomic E-state index is 12.9. The Morgan fingerprint density at radius 2 is 1.82 bits per heavy atom. The molecule has 0 radical (unpaired) electrons. The quantitative estimate of drug-likeness (QED) is 0.669. The van der Waals surface area contributed by atoms with Crippen molar-refractivity contribution in [3.63, 3.8) is 0 Å². The molecule has 0 atom stereocenters. The van der Waals surface area contributed by atoms with Crippen LogP contribution in [0.15, 0.2) is 47.4 Å². The van der Waals surface area contributed by atoms with Crippen molar-refractivity contribution in [1.29, 1.82) is 0 Å². The van der Waals surface area contributed by atoms with E-state index >= 15 is 0 Å². The molecule has 0 saturated heterocycles. The molecular weight excluding hydrogens is 400 g/mol. The lowest BCUT2D eigenvalue weighted by Crippen LogP contribution is -2.40. The van der Waals surface area contributed by atoms with Crippen molar-refractivity contribution in [2.45, 2.75) is 32.2 Å². The first kappa shape index (κ1) is 22.2. The van der Waals surface area contributed by atoms with Crippen molar-refractivity contribution >= 4 is 27.5 Å². The van der Waals surface area contributed by atoms with Gasteiger partial charge in [0.05, 0.1) is 23.1 Å². The molecule has 8 heteroatoms. The summed E-state index contributed by atoms with van der Waals surface area (Å²) in [5, 5.41) is 2.96. The van der Waals surface area contributed by atoms with Crippen LogP contribution in [0, 0.1) is 6.92 Å². The summed E-state index contributed by atoms with van der Waals surface area (Å²) in [6.07, 6.45) is 0. The van der Waals surface area contributed by atoms with Gasteiger partial charge in [-0.3, -0.25) is 4.79 Å². The number of sulfonamides is 1. The molecule has 0 aliphatic rings. The number of ether oxygens (including phenoxy) is 1. The molecule has 0 heterocycles. The van der Waals surface area contributed by atoms with Gasteiger partial charge in [-0.05, 0) is 37.6 Å². The fourth-order valence-electron chi connectivity index (χ4n) is 2.55. The van der Waals surface area contributed by atoms with Gasteiger partial charge >= 0.3 is 0 Å². The van der Waals surface area contributed by atoms with Gasteiger partial charge < -0.3 is 10.1 Å².